The van der Waals surface area contributed by atoms with Crippen molar-refractivity contribution in [3.05, 3.63) is 57.6 Å². The first-order valence-corrected chi connectivity index (χ1v) is 10.5. The Hall–Kier alpha value is -1.46. The van der Waals surface area contributed by atoms with Crippen molar-refractivity contribution in [3.63, 3.8) is 0 Å². The summed E-state index contributed by atoms with van der Waals surface area (Å²) < 4.78 is 11.4. The predicted octanol–water partition coefficient (Wildman–Crippen LogP) is 5.15. The molecule has 3 rings (SSSR count). The summed E-state index contributed by atoms with van der Waals surface area (Å²) in [6, 6.07) is 12.1. The van der Waals surface area contributed by atoms with Gasteiger partial charge >= 0.3 is 0 Å². The molecule has 1 aliphatic rings. The van der Waals surface area contributed by atoms with Gasteiger partial charge in [0, 0.05) is 29.7 Å². The van der Waals surface area contributed by atoms with Crippen molar-refractivity contribution in [1.82, 2.24) is 10.2 Å². The molecule has 6 heteroatoms. The lowest BCUT2D eigenvalue weighted by atomic mass is 10.1. The second-order valence-electron chi connectivity index (χ2n) is 7.04. The van der Waals surface area contributed by atoms with Crippen LogP contribution < -0.4 is 14.8 Å². The molecule has 0 amide bonds. The topological polar surface area (TPSA) is 33.7 Å². The van der Waals surface area contributed by atoms with E-state index in [2.05, 4.69) is 17.1 Å². The van der Waals surface area contributed by atoms with Gasteiger partial charge in [-0.25, -0.2) is 0 Å². The Morgan fingerprint density at radius 1 is 1.18 bits per heavy atom. The standard InChI is InChI=1S/C22H28Cl2N2O2/c1-3-26-10-6-8-18(26)14-25-13-16-11-20(24)22(21(12-16)27-2)28-15-17-7-4-5-9-19(17)23/h4-5,7,9,11-12,18,25H,3,6,8,10,13-15H2,1-2H3/t18-/m0/s1. The first-order valence-electron chi connectivity index (χ1n) is 9.79. The zero-order valence-corrected chi connectivity index (χ0v) is 18.0. The predicted molar refractivity (Wildman–Crippen MR) is 116 cm³/mol. The summed E-state index contributed by atoms with van der Waals surface area (Å²) in [6.45, 7) is 6.61. The van der Waals surface area contributed by atoms with E-state index >= 15 is 0 Å². The molecule has 0 saturated carbocycles. The molecule has 0 aliphatic carbocycles. The number of nitrogens with one attached hydrogen (secondary N) is 1. The van der Waals surface area contributed by atoms with Crippen molar-refractivity contribution >= 4 is 23.2 Å². The molecule has 28 heavy (non-hydrogen) atoms. The molecule has 152 valence electrons. The molecule has 1 N–H and O–H groups in total. The fraction of sp³-hybridized carbons (Fsp3) is 0.455. The van der Waals surface area contributed by atoms with Gasteiger partial charge in [-0.1, -0.05) is 48.3 Å². The lowest BCUT2D eigenvalue weighted by Crippen LogP contribution is -2.37. The van der Waals surface area contributed by atoms with E-state index in [-0.39, 0.29) is 0 Å². The van der Waals surface area contributed by atoms with Gasteiger partial charge in [-0.2, -0.15) is 0 Å². The van der Waals surface area contributed by atoms with Crippen molar-refractivity contribution < 1.29 is 9.47 Å². The molecule has 0 unspecified atom stereocenters. The number of halogens is 2. The first kappa shape index (κ1) is 21.3. The Morgan fingerprint density at radius 2 is 2.00 bits per heavy atom. The van der Waals surface area contributed by atoms with Crippen molar-refractivity contribution in [2.75, 3.05) is 26.7 Å². The second-order valence-corrected chi connectivity index (χ2v) is 7.86. The molecule has 2 aromatic rings. The van der Waals surface area contributed by atoms with Crippen LogP contribution in [0.25, 0.3) is 0 Å². The van der Waals surface area contributed by atoms with Crippen molar-refractivity contribution in [3.8, 4) is 11.5 Å². The van der Waals surface area contributed by atoms with E-state index in [4.69, 9.17) is 32.7 Å². The number of methoxy groups -OCH3 is 1. The molecular formula is C22H28Cl2N2O2. The maximum absolute atomic E-state index is 6.50. The molecule has 1 fully saturated rings. The van der Waals surface area contributed by atoms with Gasteiger partial charge in [-0.15, -0.1) is 0 Å². The summed E-state index contributed by atoms with van der Waals surface area (Å²) in [7, 11) is 1.63. The maximum atomic E-state index is 6.50. The molecule has 4 nitrogen and oxygen atoms in total. The van der Waals surface area contributed by atoms with Gasteiger partial charge in [0.25, 0.3) is 0 Å². The minimum atomic E-state index is 0.335. The molecule has 0 spiro atoms. The average molecular weight is 423 g/mol. The van der Waals surface area contributed by atoms with Crippen molar-refractivity contribution in [2.45, 2.75) is 39.0 Å². The van der Waals surface area contributed by atoms with Gasteiger partial charge in [-0.05, 0) is 49.7 Å². The van der Waals surface area contributed by atoms with E-state index in [9.17, 15) is 0 Å². The number of likely N-dealkylation sites (N-methyl/N-ethyl adjacent to an activating group) is 1. The van der Waals surface area contributed by atoms with Gasteiger partial charge < -0.3 is 14.8 Å². The lowest BCUT2D eigenvalue weighted by molar-refractivity contribution is 0.260. The van der Waals surface area contributed by atoms with Crippen LogP contribution in [-0.2, 0) is 13.2 Å². The summed E-state index contributed by atoms with van der Waals surface area (Å²) in [5.74, 6) is 1.17. The number of hydrogen-bond donors (Lipinski definition) is 1. The molecule has 1 heterocycles. The van der Waals surface area contributed by atoms with E-state index in [0.717, 1.165) is 30.8 Å². The van der Waals surface area contributed by atoms with Crippen LogP contribution in [0.4, 0.5) is 0 Å². The smallest absolute Gasteiger partial charge is 0.180 e. The van der Waals surface area contributed by atoms with E-state index in [1.807, 2.05) is 36.4 Å². The van der Waals surface area contributed by atoms with Crippen LogP contribution in [0.3, 0.4) is 0 Å². The van der Waals surface area contributed by atoms with E-state index in [0.29, 0.717) is 34.2 Å². The van der Waals surface area contributed by atoms with E-state index < -0.39 is 0 Å². The van der Waals surface area contributed by atoms with Crippen molar-refractivity contribution in [1.29, 1.82) is 0 Å². The number of likely N-dealkylation sites (tertiary alicyclic amines) is 1. The van der Waals surface area contributed by atoms with E-state index in [1.165, 1.54) is 19.4 Å². The number of hydrogen-bond acceptors (Lipinski definition) is 4. The largest absolute Gasteiger partial charge is 0.493 e. The van der Waals surface area contributed by atoms with Gasteiger partial charge in [-0.3, -0.25) is 4.90 Å². The Bertz CT molecular complexity index is 785. The van der Waals surface area contributed by atoms with Gasteiger partial charge in [0.05, 0.1) is 12.1 Å². The molecule has 0 aromatic heterocycles. The monoisotopic (exact) mass is 422 g/mol. The summed E-state index contributed by atoms with van der Waals surface area (Å²) >= 11 is 12.7. The lowest BCUT2D eigenvalue weighted by Gasteiger charge is -2.23. The van der Waals surface area contributed by atoms with E-state index in [1.54, 1.807) is 7.11 Å². The number of ether oxygens (including phenoxy) is 2. The van der Waals surface area contributed by atoms with Crippen LogP contribution in [0.2, 0.25) is 10.0 Å². The molecular weight excluding hydrogens is 395 g/mol. The summed E-state index contributed by atoms with van der Waals surface area (Å²) in [5, 5.41) is 4.77. The normalized spacial score (nSPS) is 17.1. The fourth-order valence-electron chi connectivity index (χ4n) is 3.71. The Morgan fingerprint density at radius 3 is 2.75 bits per heavy atom. The highest BCUT2D eigenvalue weighted by molar-refractivity contribution is 6.32. The van der Waals surface area contributed by atoms with Crippen LogP contribution >= 0.6 is 23.2 Å². The third-order valence-corrected chi connectivity index (χ3v) is 5.88. The molecule has 0 radical (unpaired) electrons. The van der Waals surface area contributed by atoms with Crippen LogP contribution in [0.15, 0.2) is 36.4 Å². The Labute approximate surface area is 177 Å². The molecule has 1 atom stereocenters. The Kier molecular flexibility index (Phi) is 7.86. The minimum Gasteiger partial charge on any atom is -0.493 e. The van der Waals surface area contributed by atoms with Gasteiger partial charge in [0.1, 0.15) is 6.61 Å². The average Bonchev–Trinajstić information content (AvgIpc) is 3.15. The highest BCUT2D eigenvalue weighted by atomic mass is 35.5. The molecule has 1 saturated heterocycles. The van der Waals surface area contributed by atoms with Crippen LogP contribution in [0.1, 0.15) is 30.9 Å². The molecule has 2 aromatic carbocycles. The summed E-state index contributed by atoms with van der Waals surface area (Å²) in [6.07, 6.45) is 2.55. The summed E-state index contributed by atoms with van der Waals surface area (Å²) in [4.78, 5) is 2.53. The van der Waals surface area contributed by atoms with Crippen LogP contribution in [-0.4, -0.2) is 37.7 Å². The third kappa shape index (κ3) is 5.32. The zero-order valence-electron chi connectivity index (χ0n) is 16.5. The number of benzene rings is 2. The van der Waals surface area contributed by atoms with Crippen LogP contribution in [0.5, 0.6) is 11.5 Å². The SMILES string of the molecule is CCN1CCC[C@H]1CNCc1cc(Cl)c(OCc2ccccc2Cl)c(OC)c1. The van der Waals surface area contributed by atoms with Gasteiger partial charge in [0.2, 0.25) is 0 Å². The third-order valence-electron chi connectivity index (χ3n) is 5.23. The highest BCUT2D eigenvalue weighted by Gasteiger charge is 2.22. The van der Waals surface area contributed by atoms with Crippen LogP contribution in [0, 0.1) is 0 Å². The fourth-order valence-corrected chi connectivity index (χ4v) is 4.18. The minimum absolute atomic E-state index is 0.335. The quantitative estimate of drug-likeness (QED) is 0.605. The second kappa shape index (κ2) is 10.4. The Balaban J connectivity index is 1.61. The first-order chi connectivity index (χ1) is 13.6. The highest BCUT2D eigenvalue weighted by Crippen LogP contribution is 2.37. The number of rotatable bonds is 9. The molecule has 1 aliphatic heterocycles. The number of nitrogens with zero attached hydrogens (tertiary/aromatic N) is 1. The van der Waals surface area contributed by atoms with Crippen molar-refractivity contribution in [2.24, 2.45) is 0 Å². The van der Waals surface area contributed by atoms with Gasteiger partial charge in [0.15, 0.2) is 11.5 Å². The maximum Gasteiger partial charge on any atom is 0.180 e. The molecule has 0 bridgehead atoms. The zero-order chi connectivity index (χ0) is 19.9. The summed E-state index contributed by atoms with van der Waals surface area (Å²) in [5.41, 5.74) is 1.98.